The molecule has 0 radical (unpaired) electrons. The van der Waals surface area contributed by atoms with Gasteiger partial charge in [-0.2, -0.15) is 0 Å². The van der Waals surface area contributed by atoms with Crippen molar-refractivity contribution in [1.29, 1.82) is 0 Å². The van der Waals surface area contributed by atoms with Crippen LogP contribution in [0.1, 0.15) is 37.1 Å². The quantitative estimate of drug-likeness (QED) is 0.778. The van der Waals surface area contributed by atoms with Crippen LogP contribution >= 0.6 is 0 Å². The zero-order chi connectivity index (χ0) is 10.9. The van der Waals surface area contributed by atoms with Crippen LogP contribution in [0.5, 0.6) is 0 Å². The van der Waals surface area contributed by atoms with Crippen molar-refractivity contribution in [2.45, 2.75) is 39.5 Å². The summed E-state index contributed by atoms with van der Waals surface area (Å²) in [6.07, 6.45) is 2.08. The average molecular weight is 195 g/mol. The molecule has 3 heteroatoms. The van der Waals surface area contributed by atoms with E-state index in [0.717, 1.165) is 16.8 Å². The zero-order valence-electron chi connectivity index (χ0n) is 9.14. The van der Waals surface area contributed by atoms with Gasteiger partial charge in [-0.1, -0.05) is 13.8 Å². The van der Waals surface area contributed by atoms with Gasteiger partial charge in [0.15, 0.2) is 0 Å². The number of rotatable bonds is 3. The lowest BCUT2D eigenvalue weighted by Crippen LogP contribution is -2.23. The third kappa shape index (κ3) is 1.97. The monoisotopic (exact) mass is 195 g/mol. The molecule has 0 aliphatic rings. The number of carboxylic acid groups (broad SMARTS) is 1. The minimum Gasteiger partial charge on any atom is -0.481 e. The predicted molar refractivity (Wildman–Crippen MR) is 55.5 cm³/mol. The van der Waals surface area contributed by atoms with E-state index in [2.05, 4.69) is 4.98 Å². The van der Waals surface area contributed by atoms with Crippen molar-refractivity contribution in [3.63, 3.8) is 0 Å². The molecule has 0 aliphatic heterocycles. The summed E-state index contributed by atoms with van der Waals surface area (Å²) < 4.78 is 0. The first-order valence-electron chi connectivity index (χ1n) is 4.71. The zero-order valence-corrected chi connectivity index (χ0v) is 9.14. The summed E-state index contributed by atoms with van der Waals surface area (Å²) in [5.41, 5.74) is 3.02. The fraction of sp³-hybridized carbons (Fsp3) is 0.545. The second kappa shape index (κ2) is 3.48. The predicted octanol–water partition coefficient (Wildman–Crippen LogP) is 2.38. The first-order chi connectivity index (χ1) is 6.34. The van der Waals surface area contributed by atoms with Crippen LogP contribution in [0.25, 0.3) is 0 Å². The van der Waals surface area contributed by atoms with E-state index in [1.54, 1.807) is 0 Å². The molecule has 0 saturated carbocycles. The highest BCUT2D eigenvalue weighted by Gasteiger charge is 2.28. The summed E-state index contributed by atoms with van der Waals surface area (Å²) >= 11 is 0. The molecule has 0 aliphatic carbocycles. The Hall–Kier alpha value is -1.25. The van der Waals surface area contributed by atoms with Crippen molar-refractivity contribution < 1.29 is 9.90 Å². The maximum Gasteiger partial charge on any atom is 0.304 e. The molecule has 0 unspecified atom stereocenters. The van der Waals surface area contributed by atoms with Gasteiger partial charge in [0.1, 0.15) is 0 Å². The molecule has 2 N–H and O–H groups in total. The largest absolute Gasteiger partial charge is 0.481 e. The molecule has 1 aromatic rings. The number of hydrogen-bond acceptors (Lipinski definition) is 1. The Bertz CT molecular complexity index is 331. The fourth-order valence-corrected chi connectivity index (χ4v) is 2.16. The summed E-state index contributed by atoms with van der Waals surface area (Å²) in [6, 6.07) is 0. The lowest BCUT2D eigenvalue weighted by atomic mass is 9.80. The highest BCUT2D eigenvalue weighted by molar-refractivity contribution is 5.69. The first-order valence-corrected chi connectivity index (χ1v) is 4.71. The summed E-state index contributed by atoms with van der Waals surface area (Å²) in [6.45, 7) is 7.91. The van der Waals surface area contributed by atoms with Crippen molar-refractivity contribution in [3.8, 4) is 0 Å². The standard InChI is InChI=1S/C11H17NO2/c1-7-6-12-8(2)10(7)11(3,4)5-9(13)14/h6,12H,5H2,1-4H3,(H,13,14). The molecule has 3 nitrogen and oxygen atoms in total. The second-order valence-electron chi connectivity index (χ2n) is 4.43. The highest BCUT2D eigenvalue weighted by Crippen LogP contribution is 2.31. The van der Waals surface area contributed by atoms with Crippen LogP contribution < -0.4 is 0 Å². The van der Waals surface area contributed by atoms with Gasteiger partial charge in [-0.05, 0) is 25.0 Å². The highest BCUT2D eigenvalue weighted by atomic mass is 16.4. The average Bonchev–Trinajstić information content (AvgIpc) is 2.27. The van der Waals surface area contributed by atoms with E-state index >= 15 is 0 Å². The number of carbonyl (C=O) groups is 1. The van der Waals surface area contributed by atoms with Crippen molar-refractivity contribution in [3.05, 3.63) is 23.0 Å². The van der Waals surface area contributed by atoms with E-state index in [0.29, 0.717) is 0 Å². The Balaban J connectivity index is 3.08. The van der Waals surface area contributed by atoms with E-state index in [-0.39, 0.29) is 11.8 Å². The topological polar surface area (TPSA) is 53.1 Å². The van der Waals surface area contributed by atoms with Gasteiger partial charge in [0, 0.05) is 17.3 Å². The van der Waals surface area contributed by atoms with E-state index < -0.39 is 5.97 Å². The molecule has 14 heavy (non-hydrogen) atoms. The molecule has 0 fully saturated rings. The third-order valence-electron chi connectivity index (χ3n) is 2.54. The Labute approximate surface area is 84.2 Å². The number of aryl methyl sites for hydroxylation is 2. The lowest BCUT2D eigenvalue weighted by molar-refractivity contribution is -0.138. The number of hydrogen-bond donors (Lipinski definition) is 2. The maximum absolute atomic E-state index is 10.7. The molecular formula is C11H17NO2. The molecule has 1 heterocycles. The Morgan fingerprint density at radius 1 is 1.50 bits per heavy atom. The molecule has 78 valence electrons. The van der Waals surface area contributed by atoms with E-state index in [1.165, 1.54) is 0 Å². The van der Waals surface area contributed by atoms with Gasteiger partial charge in [-0.15, -0.1) is 0 Å². The molecule has 0 amide bonds. The number of nitrogens with one attached hydrogen (secondary N) is 1. The van der Waals surface area contributed by atoms with Gasteiger partial charge in [0.05, 0.1) is 6.42 Å². The third-order valence-corrected chi connectivity index (χ3v) is 2.54. The van der Waals surface area contributed by atoms with Gasteiger partial charge in [0.2, 0.25) is 0 Å². The second-order valence-corrected chi connectivity index (χ2v) is 4.43. The molecule has 0 spiro atoms. The number of carboxylic acids is 1. The van der Waals surface area contributed by atoms with Gasteiger partial charge in [-0.25, -0.2) is 0 Å². The van der Waals surface area contributed by atoms with Crippen LogP contribution in [0.3, 0.4) is 0 Å². The summed E-state index contributed by atoms with van der Waals surface area (Å²) in [5, 5.41) is 8.82. The minimum atomic E-state index is -0.755. The van der Waals surface area contributed by atoms with Crippen molar-refractivity contribution >= 4 is 5.97 Å². The van der Waals surface area contributed by atoms with Crippen LogP contribution in [0.2, 0.25) is 0 Å². The normalized spacial score (nSPS) is 11.7. The molecular weight excluding hydrogens is 178 g/mol. The minimum absolute atomic E-state index is 0.159. The molecule has 0 atom stereocenters. The lowest BCUT2D eigenvalue weighted by Gasteiger charge is -2.24. The van der Waals surface area contributed by atoms with Crippen molar-refractivity contribution in [1.82, 2.24) is 4.98 Å². The molecule has 1 aromatic heterocycles. The van der Waals surface area contributed by atoms with E-state index in [4.69, 9.17) is 5.11 Å². The first kappa shape index (κ1) is 10.8. The molecule has 0 aromatic carbocycles. The number of aromatic nitrogens is 1. The number of H-pyrrole nitrogens is 1. The summed E-state index contributed by atoms with van der Waals surface area (Å²) in [4.78, 5) is 13.8. The Kier molecular flexibility index (Phi) is 2.69. The van der Waals surface area contributed by atoms with E-state index in [9.17, 15) is 4.79 Å². The number of aromatic amines is 1. The van der Waals surface area contributed by atoms with E-state index in [1.807, 2.05) is 33.9 Å². The van der Waals surface area contributed by atoms with Gasteiger partial charge in [0.25, 0.3) is 0 Å². The maximum atomic E-state index is 10.7. The SMILES string of the molecule is Cc1c[nH]c(C)c1C(C)(C)CC(=O)O. The number of aliphatic carboxylic acids is 1. The van der Waals surface area contributed by atoms with Crippen LogP contribution in [-0.2, 0) is 10.2 Å². The van der Waals surface area contributed by atoms with Crippen molar-refractivity contribution in [2.24, 2.45) is 0 Å². The van der Waals surface area contributed by atoms with Gasteiger partial charge in [-0.3, -0.25) is 4.79 Å². The Morgan fingerprint density at radius 3 is 2.43 bits per heavy atom. The summed E-state index contributed by atoms with van der Waals surface area (Å²) in [5.74, 6) is -0.755. The molecule has 1 rings (SSSR count). The smallest absolute Gasteiger partial charge is 0.304 e. The fourth-order valence-electron chi connectivity index (χ4n) is 2.16. The van der Waals surface area contributed by atoms with Crippen molar-refractivity contribution in [2.75, 3.05) is 0 Å². The summed E-state index contributed by atoms with van der Waals surface area (Å²) in [7, 11) is 0. The van der Waals surface area contributed by atoms with Gasteiger partial charge >= 0.3 is 5.97 Å². The Morgan fingerprint density at radius 2 is 2.07 bits per heavy atom. The van der Waals surface area contributed by atoms with Crippen LogP contribution in [0.4, 0.5) is 0 Å². The van der Waals surface area contributed by atoms with Crippen LogP contribution in [-0.4, -0.2) is 16.1 Å². The van der Waals surface area contributed by atoms with Gasteiger partial charge < -0.3 is 10.1 Å². The molecule has 0 saturated heterocycles. The van der Waals surface area contributed by atoms with Crippen LogP contribution in [0, 0.1) is 13.8 Å². The molecule has 0 bridgehead atoms. The van der Waals surface area contributed by atoms with Crippen LogP contribution in [0.15, 0.2) is 6.20 Å².